The number of hydrogen-bond donors (Lipinski definition) is 1. The molecule has 1 N–H and O–H groups in total. The van der Waals surface area contributed by atoms with Gasteiger partial charge in [-0.05, 0) is 63.3 Å². The van der Waals surface area contributed by atoms with Crippen LogP contribution >= 0.6 is 0 Å². The van der Waals surface area contributed by atoms with E-state index in [1.807, 2.05) is 0 Å². The average Bonchev–Trinajstić information content (AvgIpc) is 3.44. The third kappa shape index (κ3) is 6.16. The number of amides is 2. The lowest BCUT2D eigenvalue weighted by molar-refractivity contribution is -0.132. The van der Waals surface area contributed by atoms with Crippen molar-refractivity contribution in [3.05, 3.63) is 64.8 Å². The van der Waals surface area contributed by atoms with Crippen LogP contribution in [0.5, 0.6) is 0 Å². The number of halogens is 2. The van der Waals surface area contributed by atoms with Crippen LogP contribution in [-0.4, -0.2) is 73.8 Å². The molecule has 10 nitrogen and oxygen atoms in total. The number of nitrogens with zero attached hydrogens (tertiary/aromatic N) is 5. The summed E-state index contributed by atoms with van der Waals surface area (Å²) in [5, 5.41) is 16.8. The summed E-state index contributed by atoms with van der Waals surface area (Å²) >= 11 is 0. The molecule has 0 saturated carbocycles. The van der Waals surface area contributed by atoms with Gasteiger partial charge in [0.2, 0.25) is 17.6 Å². The number of pyridine rings is 1. The number of likely N-dealkylation sites (tertiary alicyclic amines) is 2. The van der Waals surface area contributed by atoms with Crippen LogP contribution < -0.4 is 0 Å². The fraction of sp³-hybridized carbons (Fsp3) is 0.545. The number of ether oxygens (including phenoxy) is 1. The Bertz CT molecular complexity index is 1560. The van der Waals surface area contributed by atoms with Gasteiger partial charge in [-0.3, -0.25) is 9.78 Å². The molecular weight excluding hydrogens is 584 g/mol. The Kier molecular flexibility index (Phi) is 8.50. The Balaban J connectivity index is 1.51. The average molecular weight is 626 g/mol. The lowest BCUT2D eigenvalue weighted by Crippen LogP contribution is -2.66. The van der Waals surface area contributed by atoms with Crippen molar-refractivity contribution in [1.82, 2.24) is 24.9 Å². The summed E-state index contributed by atoms with van der Waals surface area (Å²) in [6.07, 6.45) is 3.80. The summed E-state index contributed by atoms with van der Waals surface area (Å²) in [5.74, 6) is -1.24. The number of aliphatic hydroxyl groups is 1. The predicted octanol–water partition coefficient (Wildman–Crippen LogP) is 5.75. The number of carbonyl (C=O) groups excluding carboxylic acids is 2. The fourth-order valence-corrected chi connectivity index (χ4v) is 6.41. The van der Waals surface area contributed by atoms with E-state index >= 15 is 8.78 Å². The van der Waals surface area contributed by atoms with E-state index in [2.05, 4.69) is 15.1 Å². The van der Waals surface area contributed by atoms with Gasteiger partial charge in [0.25, 0.3) is 0 Å². The number of piperidine rings is 1. The van der Waals surface area contributed by atoms with Crippen LogP contribution in [0.15, 0.2) is 35.1 Å². The smallest absolute Gasteiger partial charge is 0.410 e. The standard InChI is InChI=1S/C33H41F2N5O5/c1-19(2)27-25(34)13-23(14-26(27)35)33(43,32(7)17-40(18-32)30(42)44-31(4,5)6)24-12-22(15-36-16-24)28-37-29(45-38-28)21-8-10-39(11-9-21)20(3)41/h12-16,19,21,43H,8-11,17-18H2,1-7H3/t33-/m0/s1. The molecule has 0 bridgehead atoms. The summed E-state index contributed by atoms with van der Waals surface area (Å²) < 4.78 is 41.9. The summed E-state index contributed by atoms with van der Waals surface area (Å²) in [4.78, 5) is 36.7. The second-order valence-corrected chi connectivity index (χ2v) is 13.8. The van der Waals surface area contributed by atoms with E-state index in [1.165, 1.54) is 17.3 Å². The lowest BCUT2D eigenvalue weighted by Gasteiger charge is -2.56. The summed E-state index contributed by atoms with van der Waals surface area (Å²) in [7, 11) is 0. The van der Waals surface area contributed by atoms with Crippen LogP contribution in [0.1, 0.15) is 95.7 Å². The second-order valence-electron chi connectivity index (χ2n) is 13.8. The van der Waals surface area contributed by atoms with E-state index in [9.17, 15) is 14.7 Å². The third-order valence-corrected chi connectivity index (χ3v) is 8.82. The maximum absolute atomic E-state index is 15.4. The van der Waals surface area contributed by atoms with Crippen LogP contribution in [0.4, 0.5) is 13.6 Å². The Hall–Kier alpha value is -3.93. The van der Waals surface area contributed by atoms with Crippen molar-refractivity contribution in [1.29, 1.82) is 0 Å². The van der Waals surface area contributed by atoms with Crippen LogP contribution in [0, 0.1) is 17.0 Å². The Morgan fingerprint density at radius 1 is 1.04 bits per heavy atom. The maximum atomic E-state index is 15.4. The van der Waals surface area contributed by atoms with Gasteiger partial charge in [0.1, 0.15) is 22.8 Å². The first-order valence-electron chi connectivity index (χ1n) is 15.3. The summed E-state index contributed by atoms with van der Waals surface area (Å²) in [6, 6.07) is 3.95. The SMILES string of the molecule is CC(=O)N1CCC(c2nc(-c3cncc([C@@](O)(c4cc(F)c(C(C)C)c(F)c4)C4(C)CN(C(=O)OC(C)(C)C)C4)c3)no2)CC1. The van der Waals surface area contributed by atoms with Crippen molar-refractivity contribution < 1.29 is 32.7 Å². The molecule has 2 fully saturated rings. The minimum Gasteiger partial charge on any atom is -0.444 e. The van der Waals surface area contributed by atoms with Gasteiger partial charge in [-0.25, -0.2) is 13.6 Å². The van der Waals surface area contributed by atoms with Gasteiger partial charge in [0.05, 0.1) is 0 Å². The van der Waals surface area contributed by atoms with Crippen molar-refractivity contribution in [3.8, 4) is 11.4 Å². The van der Waals surface area contributed by atoms with Crippen LogP contribution in [0.3, 0.4) is 0 Å². The van der Waals surface area contributed by atoms with Crippen LogP contribution in [0.25, 0.3) is 11.4 Å². The monoisotopic (exact) mass is 625 g/mol. The van der Waals surface area contributed by atoms with Gasteiger partial charge in [-0.15, -0.1) is 0 Å². The zero-order valence-corrected chi connectivity index (χ0v) is 26.9. The highest BCUT2D eigenvalue weighted by Gasteiger charge is 2.58. The molecule has 4 heterocycles. The molecule has 0 aliphatic carbocycles. The molecule has 2 aromatic heterocycles. The number of hydrogen-bond acceptors (Lipinski definition) is 8. The summed E-state index contributed by atoms with van der Waals surface area (Å²) in [5.41, 5.74) is -3.15. The van der Waals surface area contributed by atoms with E-state index in [0.717, 1.165) is 12.1 Å². The van der Waals surface area contributed by atoms with Crippen molar-refractivity contribution >= 4 is 12.0 Å². The molecule has 45 heavy (non-hydrogen) atoms. The lowest BCUT2D eigenvalue weighted by atomic mass is 9.62. The number of rotatable bonds is 6. The number of benzene rings is 1. The molecule has 1 aromatic carbocycles. The molecular formula is C33H41F2N5O5. The van der Waals surface area contributed by atoms with E-state index in [1.54, 1.807) is 59.4 Å². The molecule has 1 atom stereocenters. The molecule has 242 valence electrons. The first-order valence-corrected chi connectivity index (χ1v) is 15.3. The maximum Gasteiger partial charge on any atom is 0.410 e. The molecule has 5 rings (SSSR count). The Morgan fingerprint density at radius 2 is 1.67 bits per heavy atom. The van der Waals surface area contributed by atoms with E-state index in [0.29, 0.717) is 37.4 Å². The predicted molar refractivity (Wildman–Crippen MR) is 161 cm³/mol. The topological polar surface area (TPSA) is 122 Å². The second kappa shape index (κ2) is 11.8. The molecule has 2 aliphatic heterocycles. The van der Waals surface area contributed by atoms with Gasteiger partial charge in [-0.2, -0.15) is 4.98 Å². The van der Waals surface area contributed by atoms with Crippen LogP contribution in [-0.2, 0) is 15.1 Å². The zero-order valence-electron chi connectivity index (χ0n) is 26.9. The minimum atomic E-state index is -1.97. The molecule has 2 aliphatic rings. The highest BCUT2D eigenvalue weighted by molar-refractivity contribution is 5.73. The number of carbonyl (C=O) groups is 2. The first-order chi connectivity index (χ1) is 21.0. The third-order valence-electron chi connectivity index (χ3n) is 8.82. The van der Waals surface area contributed by atoms with Crippen molar-refractivity contribution in [2.24, 2.45) is 5.41 Å². The molecule has 3 aromatic rings. The molecule has 0 spiro atoms. The normalized spacial score (nSPS) is 18.5. The molecule has 2 saturated heterocycles. The van der Waals surface area contributed by atoms with Crippen molar-refractivity contribution in [2.75, 3.05) is 26.2 Å². The Morgan fingerprint density at radius 3 is 2.22 bits per heavy atom. The summed E-state index contributed by atoms with van der Waals surface area (Å²) in [6.45, 7) is 13.3. The van der Waals surface area contributed by atoms with Gasteiger partial charge >= 0.3 is 6.09 Å². The van der Waals surface area contributed by atoms with Gasteiger partial charge in [0.15, 0.2) is 0 Å². The molecule has 2 amide bonds. The highest BCUT2D eigenvalue weighted by atomic mass is 19.1. The van der Waals surface area contributed by atoms with Gasteiger partial charge in [-0.1, -0.05) is 25.9 Å². The van der Waals surface area contributed by atoms with Crippen LogP contribution in [0.2, 0.25) is 0 Å². The van der Waals surface area contributed by atoms with Gasteiger partial charge in [0, 0.05) is 73.5 Å². The number of aromatic nitrogens is 3. The van der Waals surface area contributed by atoms with E-state index < -0.39 is 40.3 Å². The van der Waals surface area contributed by atoms with Crippen molar-refractivity contribution in [2.45, 2.75) is 84.3 Å². The molecule has 0 unspecified atom stereocenters. The van der Waals surface area contributed by atoms with Crippen molar-refractivity contribution in [3.63, 3.8) is 0 Å². The minimum absolute atomic E-state index is 0.00165. The first kappa shape index (κ1) is 32.5. The van der Waals surface area contributed by atoms with Gasteiger partial charge < -0.3 is 24.2 Å². The highest BCUT2D eigenvalue weighted by Crippen LogP contribution is 2.51. The fourth-order valence-electron chi connectivity index (χ4n) is 6.41. The van der Waals surface area contributed by atoms with E-state index in [4.69, 9.17) is 9.26 Å². The quantitative estimate of drug-likeness (QED) is 0.368. The zero-order chi connectivity index (χ0) is 32.9. The van der Waals surface area contributed by atoms with E-state index in [-0.39, 0.29) is 47.4 Å². The Labute approximate surface area is 261 Å². The largest absolute Gasteiger partial charge is 0.444 e. The molecule has 12 heteroatoms. The molecule has 0 radical (unpaired) electrons.